The van der Waals surface area contributed by atoms with Crippen LogP contribution >= 0.6 is 0 Å². The van der Waals surface area contributed by atoms with E-state index in [1.165, 1.54) is 0 Å². The van der Waals surface area contributed by atoms with E-state index in [0.29, 0.717) is 41.7 Å². The number of pyridine rings is 2. The number of nitrogens with zero attached hydrogens (tertiary/aromatic N) is 3. The van der Waals surface area contributed by atoms with Gasteiger partial charge in [0.1, 0.15) is 18.9 Å². The van der Waals surface area contributed by atoms with Gasteiger partial charge >= 0.3 is 5.69 Å². The van der Waals surface area contributed by atoms with Gasteiger partial charge in [-0.1, -0.05) is 60.7 Å². The van der Waals surface area contributed by atoms with Gasteiger partial charge in [0.05, 0.1) is 16.6 Å². The molecule has 0 saturated carbocycles. The summed E-state index contributed by atoms with van der Waals surface area (Å²) in [5.41, 5.74) is 4.49. The second kappa shape index (κ2) is 9.38. The Morgan fingerprint density at radius 1 is 0.750 bits per heavy atom. The van der Waals surface area contributed by atoms with Gasteiger partial charge in [0.2, 0.25) is 11.8 Å². The van der Waals surface area contributed by atoms with Crippen molar-refractivity contribution in [1.82, 2.24) is 19.5 Å². The molecule has 0 amide bonds. The van der Waals surface area contributed by atoms with Crippen LogP contribution in [0, 0.1) is 0 Å². The number of imidazole rings is 1. The number of rotatable bonds is 7. The average Bonchev–Trinajstić information content (AvgIpc) is 3.28. The molecule has 0 bridgehead atoms. The van der Waals surface area contributed by atoms with E-state index in [1.807, 2.05) is 84.9 Å². The number of H-pyrrole nitrogens is 1. The second-order valence-corrected chi connectivity index (χ2v) is 8.32. The summed E-state index contributed by atoms with van der Waals surface area (Å²) in [7, 11) is 0. The van der Waals surface area contributed by atoms with Crippen molar-refractivity contribution in [3.05, 3.63) is 125 Å². The van der Waals surface area contributed by atoms with E-state index in [2.05, 4.69) is 15.0 Å². The number of benzene rings is 3. The fourth-order valence-electron chi connectivity index (χ4n) is 4.20. The average molecular weight is 475 g/mol. The van der Waals surface area contributed by atoms with Gasteiger partial charge in [-0.15, -0.1) is 0 Å². The lowest BCUT2D eigenvalue weighted by Crippen LogP contribution is -2.16. The number of hydrogen-bond donors (Lipinski definition) is 1. The molecule has 3 aromatic carbocycles. The maximum absolute atomic E-state index is 13.2. The fourth-order valence-corrected chi connectivity index (χ4v) is 4.20. The highest BCUT2D eigenvalue weighted by Gasteiger charge is 2.18. The highest BCUT2D eigenvalue weighted by atomic mass is 16.5. The lowest BCUT2D eigenvalue weighted by atomic mass is 10.2. The summed E-state index contributed by atoms with van der Waals surface area (Å²) in [6.07, 6.45) is 1.73. The number of ether oxygens (including phenoxy) is 2. The largest absolute Gasteiger partial charge is 0.473 e. The highest BCUT2D eigenvalue weighted by Crippen LogP contribution is 2.29. The standard InChI is InChI=1S/C29H22N4O3/c34-29-32-27-22-12-7-17-30-23(22)13-14-24(27)33(29)25-15-16-26(35-18-20-8-3-1-4-9-20)31-28(25)36-19-21-10-5-2-6-11-21/h1-17H,18-19H2,(H,32,34). The smallest absolute Gasteiger partial charge is 0.331 e. The normalized spacial score (nSPS) is 11.1. The van der Waals surface area contributed by atoms with E-state index in [0.717, 1.165) is 22.0 Å². The summed E-state index contributed by atoms with van der Waals surface area (Å²) in [6.45, 7) is 0.671. The van der Waals surface area contributed by atoms with Crippen LogP contribution in [0.4, 0.5) is 0 Å². The van der Waals surface area contributed by atoms with Gasteiger partial charge in [0.25, 0.3) is 0 Å². The second-order valence-electron chi connectivity index (χ2n) is 8.32. The molecule has 7 heteroatoms. The van der Waals surface area contributed by atoms with Gasteiger partial charge in [-0.25, -0.2) is 4.79 Å². The Kier molecular flexibility index (Phi) is 5.63. The van der Waals surface area contributed by atoms with Gasteiger partial charge < -0.3 is 14.5 Å². The molecule has 6 aromatic rings. The number of aromatic nitrogens is 4. The predicted molar refractivity (Wildman–Crippen MR) is 139 cm³/mol. The van der Waals surface area contributed by atoms with Crippen molar-refractivity contribution < 1.29 is 9.47 Å². The summed E-state index contributed by atoms with van der Waals surface area (Å²) in [5, 5.41) is 0.869. The van der Waals surface area contributed by atoms with Crippen LogP contribution in [0.3, 0.4) is 0 Å². The predicted octanol–water partition coefficient (Wildman–Crippen LogP) is 5.42. The first-order valence-corrected chi connectivity index (χ1v) is 11.6. The van der Waals surface area contributed by atoms with E-state index < -0.39 is 0 Å². The minimum absolute atomic E-state index is 0.286. The Hall–Kier alpha value is -4.91. The van der Waals surface area contributed by atoms with Crippen molar-refractivity contribution in [2.45, 2.75) is 13.2 Å². The highest BCUT2D eigenvalue weighted by molar-refractivity contribution is 6.03. The number of nitrogens with one attached hydrogen (secondary N) is 1. The Labute approximate surface area is 206 Å². The molecule has 3 heterocycles. The maximum atomic E-state index is 13.2. The zero-order valence-corrected chi connectivity index (χ0v) is 19.3. The molecular formula is C29H22N4O3. The summed E-state index contributed by atoms with van der Waals surface area (Å²) < 4.78 is 13.7. The summed E-state index contributed by atoms with van der Waals surface area (Å²) in [6, 6.07) is 30.8. The van der Waals surface area contributed by atoms with Gasteiger partial charge in [-0.3, -0.25) is 9.55 Å². The van der Waals surface area contributed by atoms with Gasteiger partial charge in [-0.2, -0.15) is 4.98 Å². The Balaban J connectivity index is 1.42. The van der Waals surface area contributed by atoms with Gasteiger partial charge in [0.15, 0.2) is 0 Å². The molecule has 0 aliphatic heterocycles. The van der Waals surface area contributed by atoms with Crippen LogP contribution in [0.5, 0.6) is 11.8 Å². The van der Waals surface area contributed by atoms with Crippen molar-refractivity contribution >= 4 is 21.9 Å². The third-order valence-electron chi connectivity index (χ3n) is 5.94. The maximum Gasteiger partial charge on any atom is 0.331 e. The van der Waals surface area contributed by atoms with Crippen molar-refractivity contribution in [1.29, 1.82) is 0 Å². The first-order valence-electron chi connectivity index (χ1n) is 11.6. The van der Waals surface area contributed by atoms with E-state index in [4.69, 9.17) is 9.47 Å². The number of aromatic amines is 1. The van der Waals surface area contributed by atoms with Crippen LogP contribution in [0.1, 0.15) is 11.1 Å². The molecule has 1 N–H and O–H groups in total. The SMILES string of the molecule is O=c1[nH]c2c3cccnc3ccc2n1-c1ccc(OCc2ccccc2)nc1OCc1ccccc1. The van der Waals surface area contributed by atoms with Gasteiger partial charge in [0, 0.05) is 17.6 Å². The number of fused-ring (bicyclic) bond motifs is 3. The molecule has 176 valence electrons. The molecule has 36 heavy (non-hydrogen) atoms. The Morgan fingerprint density at radius 3 is 2.22 bits per heavy atom. The zero-order chi connectivity index (χ0) is 24.3. The first kappa shape index (κ1) is 21.6. The Bertz CT molecular complexity index is 1710. The van der Waals surface area contributed by atoms with Crippen LogP contribution in [0.25, 0.3) is 27.6 Å². The zero-order valence-electron chi connectivity index (χ0n) is 19.3. The lowest BCUT2D eigenvalue weighted by molar-refractivity contribution is 0.267. The summed E-state index contributed by atoms with van der Waals surface area (Å²) in [4.78, 5) is 25.2. The molecule has 0 radical (unpaired) electrons. The molecule has 6 rings (SSSR count). The summed E-state index contributed by atoms with van der Waals surface area (Å²) >= 11 is 0. The molecule has 0 saturated heterocycles. The van der Waals surface area contributed by atoms with Crippen LogP contribution < -0.4 is 15.2 Å². The van der Waals surface area contributed by atoms with Crippen LogP contribution in [0.2, 0.25) is 0 Å². The van der Waals surface area contributed by atoms with Crippen LogP contribution in [-0.2, 0) is 13.2 Å². The fraction of sp³-hybridized carbons (Fsp3) is 0.0690. The topological polar surface area (TPSA) is 82.0 Å². The minimum atomic E-state index is -0.286. The van der Waals surface area contributed by atoms with Crippen molar-refractivity contribution in [2.75, 3.05) is 0 Å². The molecule has 0 unspecified atom stereocenters. The van der Waals surface area contributed by atoms with Crippen molar-refractivity contribution in [3.8, 4) is 17.4 Å². The van der Waals surface area contributed by atoms with E-state index in [1.54, 1.807) is 22.9 Å². The molecule has 0 spiro atoms. The molecule has 7 nitrogen and oxygen atoms in total. The molecule has 0 aliphatic rings. The van der Waals surface area contributed by atoms with E-state index >= 15 is 0 Å². The Morgan fingerprint density at radius 2 is 1.47 bits per heavy atom. The van der Waals surface area contributed by atoms with Crippen LogP contribution in [-0.4, -0.2) is 19.5 Å². The quantitative estimate of drug-likeness (QED) is 0.334. The molecule has 3 aromatic heterocycles. The van der Waals surface area contributed by atoms with E-state index in [-0.39, 0.29) is 5.69 Å². The number of hydrogen-bond acceptors (Lipinski definition) is 5. The monoisotopic (exact) mass is 474 g/mol. The molecular weight excluding hydrogens is 452 g/mol. The molecule has 0 fully saturated rings. The molecule has 0 aliphatic carbocycles. The van der Waals surface area contributed by atoms with Gasteiger partial charge in [-0.05, 0) is 41.5 Å². The summed E-state index contributed by atoms with van der Waals surface area (Å²) in [5.74, 6) is 0.715. The van der Waals surface area contributed by atoms with Crippen molar-refractivity contribution in [2.24, 2.45) is 0 Å². The first-order chi connectivity index (χ1) is 17.8. The lowest BCUT2D eigenvalue weighted by Gasteiger charge is -2.14. The molecule has 0 atom stereocenters. The van der Waals surface area contributed by atoms with Crippen LogP contribution in [0.15, 0.2) is 108 Å². The third kappa shape index (κ3) is 4.18. The van der Waals surface area contributed by atoms with E-state index in [9.17, 15) is 4.79 Å². The third-order valence-corrected chi connectivity index (χ3v) is 5.94. The minimum Gasteiger partial charge on any atom is -0.473 e. The van der Waals surface area contributed by atoms with Crippen molar-refractivity contribution in [3.63, 3.8) is 0 Å².